The van der Waals surface area contributed by atoms with Gasteiger partial charge in [0.1, 0.15) is 0 Å². The first-order valence-electron chi connectivity index (χ1n) is 11.0. The Bertz CT molecular complexity index is 1790. The summed E-state index contributed by atoms with van der Waals surface area (Å²) in [7, 11) is 0. The van der Waals surface area contributed by atoms with Crippen molar-refractivity contribution in [3.63, 3.8) is 0 Å². The standard InChI is InChI=1S/C28H19N5/c1-18-14-27-23(17-31-18)22-16-29-13-11-25(22)33(27)20-7-4-6-19(15-20)32-24-9-3-2-8-21(24)28-26(32)10-5-12-30-28/h2-17H,1H3. The number of fused-ring (bicyclic) bond motifs is 6. The van der Waals surface area contributed by atoms with Crippen LogP contribution >= 0.6 is 0 Å². The number of para-hydroxylation sites is 1. The second kappa shape index (κ2) is 6.74. The molecule has 7 rings (SSSR count). The summed E-state index contributed by atoms with van der Waals surface area (Å²) < 4.78 is 4.60. The van der Waals surface area contributed by atoms with E-state index in [-0.39, 0.29) is 0 Å². The Hall–Kier alpha value is -4.51. The van der Waals surface area contributed by atoms with Crippen LogP contribution in [0.5, 0.6) is 0 Å². The van der Waals surface area contributed by atoms with E-state index >= 15 is 0 Å². The maximum Gasteiger partial charge on any atom is 0.0963 e. The Morgan fingerprint density at radius 3 is 2.24 bits per heavy atom. The minimum Gasteiger partial charge on any atom is -0.309 e. The molecule has 0 saturated heterocycles. The first-order chi connectivity index (χ1) is 16.3. The number of hydrogen-bond acceptors (Lipinski definition) is 3. The second-order valence-electron chi connectivity index (χ2n) is 8.31. The van der Waals surface area contributed by atoms with Gasteiger partial charge in [-0.05, 0) is 55.5 Å². The molecular formula is C28H19N5. The summed E-state index contributed by atoms with van der Waals surface area (Å²) in [5.41, 5.74) is 8.70. The molecule has 5 heterocycles. The molecule has 0 amide bonds. The fourth-order valence-electron chi connectivity index (χ4n) is 4.97. The third kappa shape index (κ3) is 2.56. The van der Waals surface area contributed by atoms with Gasteiger partial charge in [-0.25, -0.2) is 0 Å². The molecule has 5 heteroatoms. The minimum atomic E-state index is 0.990. The Balaban J connectivity index is 1.56. The van der Waals surface area contributed by atoms with Gasteiger partial charge >= 0.3 is 0 Å². The normalized spacial score (nSPS) is 11.8. The van der Waals surface area contributed by atoms with Crippen LogP contribution < -0.4 is 0 Å². The van der Waals surface area contributed by atoms with Gasteiger partial charge in [-0.3, -0.25) is 15.0 Å². The van der Waals surface area contributed by atoms with Gasteiger partial charge in [-0.1, -0.05) is 24.3 Å². The fraction of sp³-hybridized carbons (Fsp3) is 0.0357. The Morgan fingerprint density at radius 1 is 0.576 bits per heavy atom. The third-order valence-electron chi connectivity index (χ3n) is 6.36. The highest BCUT2D eigenvalue weighted by atomic mass is 15.0. The van der Waals surface area contributed by atoms with Crippen LogP contribution in [0.4, 0.5) is 0 Å². The lowest BCUT2D eigenvalue weighted by molar-refractivity contribution is 1.12. The quantitative estimate of drug-likeness (QED) is 0.323. The molecule has 156 valence electrons. The van der Waals surface area contributed by atoms with Crippen LogP contribution in [-0.4, -0.2) is 24.1 Å². The van der Waals surface area contributed by atoms with E-state index in [2.05, 4.69) is 90.8 Å². The van der Waals surface area contributed by atoms with Crippen molar-refractivity contribution < 1.29 is 0 Å². The molecule has 2 aromatic carbocycles. The van der Waals surface area contributed by atoms with Crippen molar-refractivity contribution in [3.8, 4) is 11.4 Å². The van der Waals surface area contributed by atoms with Crippen LogP contribution in [0.25, 0.3) is 55.1 Å². The number of pyridine rings is 3. The Morgan fingerprint density at radius 2 is 1.33 bits per heavy atom. The summed E-state index contributed by atoms with van der Waals surface area (Å²) >= 11 is 0. The number of nitrogens with zero attached hydrogens (tertiary/aromatic N) is 5. The third-order valence-corrected chi connectivity index (χ3v) is 6.36. The molecule has 0 N–H and O–H groups in total. The molecule has 33 heavy (non-hydrogen) atoms. The molecule has 5 aromatic heterocycles. The molecule has 0 radical (unpaired) electrons. The van der Waals surface area contributed by atoms with Crippen LogP contribution in [0.2, 0.25) is 0 Å². The molecule has 0 aliphatic carbocycles. The van der Waals surface area contributed by atoms with Gasteiger partial charge in [0.2, 0.25) is 0 Å². The zero-order valence-electron chi connectivity index (χ0n) is 18.0. The van der Waals surface area contributed by atoms with E-state index in [1.54, 1.807) is 0 Å². The fourth-order valence-corrected chi connectivity index (χ4v) is 4.97. The number of aryl methyl sites for hydroxylation is 1. The van der Waals surface area contributed by atoms with Crippen LogP contribution in [0.3, 0.4) is 0 Å². The second-order valence-corrected chi connectivity index (χ2v) is 8.31. The summed E-state index contributed by atoms with van der Waals surface area (Å²) in [6, 6.07) is 25.5. The van der Waals surface area contributed by atoms with Gasteiger partial charge < -0.3 is 9.13 Å². The zero-order valence-corrected chi connectivity index (χ0v) is 18.0. The summed E-state index contributed by atoms with van der Waals surface area (Å²) in [5.74, 6) is 0. The van der Waals surface area contributed by atoms with E-state index < -0.39 is 0 Å². The van der Waals surface area contributed by atoms with Crippen molar-refractivity contribution in [3.05, 3.63) is 103 Å². The lowest BCUT2D eigenvalue weighted by atomic mass is 10.2. The predicted molar refractivity (Wildman–Crippen MR) is 133 cm³/mol. The van der Waals surface area contributed by atoms with Gasteiger partial charge in [0.15, 0.2) is 0 Å². The van der Waals surface area contributed by atoms with Crippen molar-refractivity contribution in [2.24, 2.45) is 0 Å². The van der Waals surface area contributed by atoms with Gasteiger partial charge in [-0.2, -0.15) is 0 Å². The van der Waals surface area contributed by atoms with Crippen LogP contribution in [0.1, 0.15) is 5.69 Å². The molecule has 0 fully saturated rings. The number of benzene rings is 2. The van der Waals surface area contributed by atoms with Crippen molar-refractivity contribution in [1.82, 2.24) is 24.1 Å². The maximum atomic E-state index is 4.68. The summed E-state index contributed by atoms with van der Waals surface area (Å²) in [6.45, 7) is 2.03. The Labute approximate surface area is 189 Å². The minimum absolute atomic E-state index is 0.990. The molecule has 0 aliphatic heterocycles. The number of rotatable bonds is 2. The van der Waals surface area contributed by atoms with Crippen molar-refractivity contribution in [2.45, 2.75) is 6.92 Å². The Kier molecular flexibility index (Phi) is 3.70. The van der Waals surface area contributed by atoms with Crippen molar-refractivity contribution in [1.29, 1.82) is 0 Å². The largest absolute Gasteiger partial charge is 0.309 e. The van der Waals surface area contributed by atoms with Crippen LogP contribution in [0.15, 0.2) is 97.6 Å². The first-order valence-corrected chi connectivity index (χ1v) is 11.0. The number of hydrogen-bond donors (Lipinski definition) is 0. The van der Waals surface area contributed by atoms with Gasteiger partial charge in [0.05, 0.1) is 27.6 Å². The first kappa shape index (κ1) is 18.1. The molecule has 0 bridgehead atoms. The topological polar surface area (TPSA) is 48.5 Å². The summed E-state index contributed by atoms with van der Waals surface area (Å²) in [6.07, 6.45) is 7.58. The molecule has 0 atom stereocenters. The van der Waals surface area contributed by atoms with E-state index in [1.807, 2.05) is 37.8 Å². The summed E-state index contributed by atoms with van der Waals surface area (Å²) in [5, 5.41) is 3.37. The molecular weight excluding hydrogens is 406 g/mol. The van der Waals surface area contributed by atoms with Gasteiger partial charge in [0.25, 0.3) is 0 Å². The van der Waals surface area contributed by atoms with Crippen molar-refractivity contribution >= 4 is 43.7 Å². The predicted octanol–water partition coefficient (Wildman–Crippen LogP) is 6.37. The van der Waals surface area contributed by atoms with E-state index in [9.17, 15) is 0 Å². The monoisotopic (exact) mass is 425 g/mol. The summed E-state index contributed by atoms with van der Waals surface area (Å²) in [4.78, 5) is 13.6. The molecule has 7 aromatic rings. The number of aromatic nitrogens is 5. The van der Waals surface area contributed by atoms with Gasteiger partial charge in [0, 0.05) is 58.0 Å². The van der Waals surface area contributed by atoms with E-state index in [0.29, 0.717) is 0 Å². The highest BCUT2D eigenvalue weighted by molar-refractivity contribution is 6.09. The van der Waals surface area contributed by atoms with Gasteiger partial charge in [-0.15, -0.1) is 0 Å². The van der Waals surface area contributed by atoms with E-state index in [0.717, 1.165) is 60.8 Å². The average molecular weight is 425 g/mol. The van der Waals surface area contributed by atoms with Crippen LogP contribution in [-0.2, 0) is 0 Å². The zero-order chi connectivity index (χ0) is 21.9. The van der Waals surface area contributed by atoms with Crippen LogP contribution in [0, 0.1) is 6.92 Å². The smallest absolute Gasteiger partial charge is 0.0963 e. The van der Waals surface area contributed by atoms with E-state index in [4.69, 9.17) is 0 Å². The SMILES string of the molecule is Cc1cc2c(cn1)c1cnccc1n2-c1cccc(-n2c3ccccc3c3ncccc32)c1. The highest BCUT2D eigenvalue weighted by Gasteiger charge is 2.16. The van der Waals surface area contributed by atoms with Crippen molar-refractivity contribution in [2.75, 3.05) is 0 Å². The molecule has 5 nitrogen and oxygen atoms in total. The lowest BCUT2D eigenvalue weighted by Crippen LogP contribution is -1.99. The van der Waals surface area contributed by atoms with E-state index in [1.165, 1.54) is 0 Å². The maximum absolute atomic E-state index is 4.68. The molecule has 0 saturated carbocycles. The highest BCUT2D eigenvalue weighted by Crippen LogP contribution is 2.34. The molecule has 0 unspecified atom stereocenters. The average Bonchev–Trinajstić information content (AvgIpc) is 3.37. The lowest BCUT2D eigenvalue weighted by Gasteiger charge is -2.12. The molecule has 0 aliphatic rings. The molecule has 0 spiro atoms.